The number of esters is 1. The molecule has 0 amide bonds. The molecule has 164 valence electrons. The monoisotopic (exact) mass is 450 g/mol. The van der Waals surface area contributed by atoms with Crippen molar-refractivity contribution in [2.24, 2.45) is 0 Å². The van der Waals surface area contributed by atoms with E-state index in [4.69, 9.17) is 4.74 Å². The summed E-state index contributed by atoms with van der Waals surface area (Å²) in [4.78, 5) is 17.2. The Kier molecular flexibility index (Phi) is 6.46. The van der Waals surface area contributed by atoms with Gasteiger partial charge in [0.25, 0.3) is 0 Å². The Balaban J connectivity index is 1.79. The number of pyridine rings is 1. The molecule has 1 atom stereocenters. The van der Waals surface area contributed by atoms with Gasteiger partial charge in [0.05, 0.1) is 6.61 Å². The predicted molar refractivity (Wildman–Crippen MR) is 121 cm³/mol. The standard InChI is InChI=1S/C25H23FN2O3S/c1-3-31-24(29)16-28-17(2)21(22-15-19(26)11-12-23(22)28)14-18-8-7-13-27-25(18)32(30)20-9-5-4-6-10-20/h4-13,15H,3,14,16H2,1-2H3. The van der Waals surface area contributed by atoms with Crippen LogP contribution in [0, 0.1) is 12.7 Å². The topological polar surface area (TPSA) is 61.2 Å². The fourth-order valence-corrected chi connectivity index (χ4v) is 5.02. The van der Waals surface area contributed by atoms with E-state index in [1.807, 2.05) is 35.8 Å². The van der Waals surface area contributed by atoms with Crippen molar-refractivity contribution in [1.29, 1.82) is 0 Å². The van der Waals surface area contributed by atoms with Gasteiger partial charge in [-0.25, -0.2) is 13.6 Å². The third-order valence-corrected chi connectivity index (χ3v) is 6.78. The molecule has 0 aliphatic rings. The van der Waals surface area contributed by atoms with Gasteiger partial charge >= 0.3 is 5.97 Å². The third-order valence-electron chi connectivity index (χ3n) is 5.36. The number of nitrogens with zero attached hydrogens (tertiary/aromatic N) is 2. The molecular weight excluding hydrogens is 427 g/mol. The van der Waals surface area contributed by atoms with Crippen molar-refractivity contribution in [2.75, 3.05) is 6.61 Å². The lowest BCUT2D eigenvalue weighted by Crippen LogP contribution is -2.14. The van der Waals surface area contributed by atoms with E-state index in [1.54, 1.807) is 37.4 Å². The van der Waals surface area contributed by atoms with Crippen LogP contribution in [0.15, 0.2) is 76.8 Å². The number of fused-ring (bicyclic) bond motifs is 1. The van der Waals surface area contributed by atoms with E-state index in [2.05, 4.69) is 4.98 Å². The molecule has 5 nitrogen and oxygen atoms in total. The molecule has 0 aliphatic carbocycles. The second-order valence-corrected chi connectivity index (χ2v) is 8.74. The molecule has 0 saturated carbocycles. The van der Waals surface area contributed by atoms with E-state index in [9.17, 15) is 13.4 Å². The first-order chi connectivity index (χ1) is 15.5. The SMILES string of the molecule is CCOC(=O)Cn1c(C)c(Cc2cccnc2S(=O)c2ccccc2)c2cc(F)ccc21. The summed E-state index contributed by atoms with van der Waals surface area (Å²) >= 11 is 0. The minimum absolute atomic E-state index is 0.0393. The van der Waals surface area contributed by atoms with Crippen LogP contribution in [0.3, 0.4) is 0 Å². The van der Waals surface area contributed by atoms with Gasteiger partial charge in [-0.2, -0.15) is 0 Å². The van der Waals surface area contributed by atoms with E-state index >= 15 is 0 Å². The second-order valence-electron chi connectivity index (χ2n) is 7.34. The van der Waals surface area contributed by atoms with Crippen LogP contribution in [-0.4, -0.2) is 26.3 Å². The highest BCUT2D eigenvalue weighted by Crippen LogP contribution is 2.30. The van der Waals surface area contributed by atoms with Crippen LogP contribution in [0.2, 0.25) is 0 Å². The van der Waals surface area contributed by atoms with E-state index in [1.165, 1.54) is 12.1 Å². The van der Waals surface area contributed by atoms with E-state index < -0.39 is 10.8 Å². The Hall–Kier alpha value is -3.32. The van der Waals surface area contributed by atoms with Crippen LogP contribution in [-0.2, 0) is 33.3 Å². The number of ether oxygens (including phenoxy) is 1. The van der Waals surface area contributed by atoms with Gasteiger partial charge in [-0.05, 0) is 61.4 Å². The number of aromatic nitrogens is 2. The summed E-state index contributed by atoms with van der Waals surface area (Å²) in [5.74, 6) is -0.707. The largest absolute Gasteiger partial charge is 0.465 e. The van der Waals surface area contributed by atoms with E-state index in [-0.39, 0.29) is 18.3 Å². The maximum absolute atomic E-state index is 14.1. The highest BCUT2D eigenvalue weighted by molar-refractivity contribution is 7.85. The van der Waals surface area contributed by atoms with Gasteiger partial charge in [-0.3, -0.25) is 4.79 Å². The zero-order valence-electron chi connectivity index (χ0n) is 17.9. The smallest absolute Gasteiger partial charge is 0.325 e. The van der Waals surface area contributed by atoms with Crippen LogP contribution in [0.4, 0.5) is 4.39 Å². The maximum atomic E-state index is 14.1. The van der Waals surface area contributed by atoms with Crippen LogP contribution in [0.1, 0.15) is 23.7 Å². The molecule has 7 heteroatoms. The van der Waals surface area contributed by atoms with Crippen molar-refractivity contribution in [3.05, 3.63) is 89.5 Å². The molecule has 32 heavy (non-hydrogen) atoms. The van der Waals surface area contributed by atoms with Gasteiger partial charge in [-0.15, -0.1) is 0 Å². The Morgan fingerprint density at radius 2 is 1.91 bits per heavy atom. The molecule has 1 unspecified atom stereocenters. The predicted octanol–water partition coefficient (Wildman–Crippen LogP) is 4.80. The van der Waals surface area contributed by atoms with Crippen LogP contribution < -0.4 is 0 Å². The van der Waals surface area contributed by atoms with Crippen molar-refractivity contribution < 1.29 is 18.1 Å². The van der Waals surface area contributed by atoms with Crippen molar-refractivity contribution in [1.82, 2.24) is 9.55 Å². The molecule has 0 radical (unpaired) electrons. The lowest BCUT2D eigenvalue weighted by atomic mass is 10.0. The molecule has 0 bridgehead atoms. The van der Waals surface area contributed by atoms with Crippen molar-refractivity contribution in [2.45, 2.75) is 36.7 Å². The lowest BCUT2D eigenvalue weighted by Gasteiger charge is -2.10. The molecule has 2 heterocycles. The average Bonchev–Trinajstić information content (AvgIpc) is 3.05. The highest BCUT2D eigenvalue weighted by atomic mass is 32.2. The van der Waals surface area contributed by atoms with Gasteiger partial charge in [0, 0.05) is 34.1 Å². The summed E-state index contributed by atoms with van der Waals surface area (Å²) in [5, 5.41) is 1.19. The van der Waals surface area contributed by atoms with E-state index in [0.29, 0.717) is 28.3 Å². The Labute approximate surface area is 188 Å². The molecule has 0 N–H and O–H groups in total. The number of carbonyl (C=O) groups is 1. The quantitative estimate of drug-likeness (QED) is 0.379. The summed E-state index contributed by atoms with van der Waals surface area (Å²) in [6.45, 7) is 3.99. The van der Waals surface area contributed by atoms with Crippen LogP contribution >= 0.6 is 0 Å². The number of hydrogen-bond donors (Lipinski definition) is 0. The number of rotatable bonds is 7. The van der Waals surface area contributed by atoms with Crippen LogP contribution in [0.25, 0.3) is 10.9 Å². The van der Waals surface area contributed by atoms with E-state index in [0.717, 1.165) is 22.3 Å². The van der Waals surface area contributed by atoms with Gasteiger partial charge in [0.2, 0.25) is 0 Å². The zero-order valence-corrected chi connectivity index (χ0v) is 18.7. The van der Waals surface area contributed by atoms with Crippen molar-refractivity contribution in [3.63, 3.8) is 0 Å². The van der Waals surface area contributed by atoms with Gasteiger partial charge < -0.3 is 9.30 Å². The molecule has 0 spiro atoms. The third kappa shape index (κ3) is 4.34. The summed E-state index contributed by atoms with van der Waals surface area (Å²) in [7, 11) is -1.45. The molecular formula is C25H23FN2O3S. The highest BCUT2D eigenvalue weighted by Gasteiger charge is 2.20. The zero-order chi connectivity index (χ0) is 22.7. The minimum atomic E-state index is -1.45. The average molecular weight is 451 g/mol. The Bertz CT molecular complexity index is 1300. The summed E-state index contributed by atoms with van der Waals surface area (Å²) < 4.78 is 34.3. The first kappa shape index (κ1) is 21.9. The Morgan fingerprint density at radius 1 is 1.12 bits per heavy atom. The van der Waals surface area contributed by atoms with Gasteiger partial charge in [-0.1, -0.05) is 24.3 Å². The molecule has 0 saturated heterocycles. The van der Waals surface area contributed by atoms with Crippen molar-refractivity contribution >= 4 is 27.7 Å². The van der Waals surface area contributed by atoms with Crippen molar-refractivity contribution in [3.8, 4) is 0 Å². The molecule has 2 aromatic heterocycles. The summed E-state index contributed by atoms with van der Waals surface area (Å²) in [5.41, 5.74) is 3.24. The normalized spacial score (nSPS) is 12.1. The van der Waals surface area contributed by atoms with Crippen LogP contribution in [0.5, 0.6) is 0 Å². The maximum Gasteiger partial charge on any atom is 0.325 e. The molecule has 0 aliphatic heterocycles. The first-order valence-electron chi connectivity index (χ1n) is 10.3. The molecule has 0 fully saturated rings. The van der Waals surface area contributed by atoms with Gasteiger partial charge in [0.15, 0.2) is 0 Å². The first-order valence-corrected chi connectivity index (χ1v) is 11.5. The molecule has 4 aromatic rings. The number of halogens is 1. The molecule has 2 aromatic carbocycles. The summed E-state index contributed by atoms with van der Waals surface area (Å²) in [6, 6.07) is 17.4. The lowest BCUT2D eigenvalue weighted by molar-refractivity contribution is -0.143. The molecule has 4 rings (SSSR count). The summed E-state index contributed by atoms with van der Waals surface area (Å²) in [6.07, 6.45) is 2.03. The van der Waals surface area contributed by atoms with Gasteiger partial charge in [0.1, 0.15) is 28.2 Å². The fraction of sp³-hybridized carbons (Fsp3) is 0.200. The number of carbonyl (C=O) groups excluding carboxylic acids is 1. The minimum Gasteiger partial charge on any atom is -0.465 e. The number of hydrogen-bond acceptors (Lipinski definition) is 4. The number of benzene rings is 2. The Morgan fingerprint density at radius 3 is 2.66 bits per heavy atom. The second kappa shape index (κ2) is 9.44. The fourth-order valence-electron chi connectivity index (χ4n) is 3.86.